The highest BCUT2D eigenvalue weighted by atomic mass is 32.2. The maximum atomic E-state index is 12.7. The van der Waals surface area contributed by atoms with Crippen molar-refractivity contribution in [1.29, 1.82) is 0 Å². The molecule has 3 aliphatic rings. The van der Waals surface area contributed by atoms with Gasteiger partial charge in [-0.05, 0) is 56.9 Å². The first-order chi connectivity index (χ1) is 11.5. The number of carbonyl (C=O) groups excluding carboxylic acids is 1. The Morgan fingerprint density at radius 2 is 1.79 bits per heavy atom. The van der Waals surface area contributed by atoms with Crippen LogP contribution in [0.1, 0.15) is 51.4 Å². The Morgan fingerprint density at radius 1 is 1.04 bits per heavy atom. The van der Waals surface area contributed by atoms with E-state index in [-0.39, 0.29) is 17.9 Å². The molecule has 6 nitrogen and oxygen atoms in total. The minimum Gasteiger partial charge on any atom is -0.354 e. The van der Waals surface area contributed by atoms with Crippen molar-refractivity contribution in [3.8, 4) is 0 Å². The molecule has 2 heterocycles. The Balaban J connectivity index is 1.47. The van der Waals surface area contributed by atoms with Gasteiger partial charge in [-0.25, -0.2) is 12.7 Å². The Labute approximate surface area is 145 Å². The number of amides is 1. The Kier molecular flexibility index (Phi) is 6.16. The molecule has 2 aliphatic heterocycles. The first kappa shape index (κ1) is 18.1. The second-order valence-electron chi connectivity index (χ2n) is 7.69. The Morgan fingerprint density at radius 3 is 2.50 bits per heavy atom. The van der Waals surface area contributed by atoms with Gasteiger partial charge in [-0.15, -0.1) is 0 Å². The van der Waals surface area contributed by atoms with Gasteiger partial charge in [0.15, 0.2) is 0 Å². The summed E-state index contributed by atoms with van der Waals surface area (Å²) in [6, 6.07) is -0.0595. The molecule has 2 atom stereocenters. The molecule has 0 spiro atoms. The average molecular weight is 358 g/mol. The number of hydrogen-bond acceptors (Lipinski definition) is 4. The minimum absolute atomic E-state index is 0.0595. The fourth-order valence-electron chi connectivity index (χ4n) is 4.30. The van der Waals surface area contributed by atoms with E-state index >= 15 is 0 Å². The van der Waals surface area contributed by atoms with Crippen LogP contribution in [0.25, 0.3) is 0 Å². The van der Waals surface area contributed by atoms with E-state index in [1.54, 1.807) is 4.31 Å². The van der Waals surface area contributed by atoms with Crippen LogP contribution in [0.3, 0.4) is 0 Å². The van der Waals surface area contributed by atoms with Crippen LogP contribution in [0.15, 0.2) is 0 Å². The summed E-state index contributed by atoms with van der Waals surface area (Å²) in [4.78, 5) is 12.1. The summed E-state index contributed by atoms with van der Waals surface area (Å²) in [5.74, 6) is 0.974. The molecule has 1 aliphatic carbocycles. The molecule has 0 aromatic carbocycles. The highest BCUT2D eigenvalue weighted by Crippen LogP contribution is 2.28. The summed E-state index contributed by atoms with van der Waals surface area (Å²) < 4.78 is 27.0. The predicted molar refractivity (Wildman–Crippen MR) is 94.1 cm³/mol. The number of rotatable bonds is 6. The number of nitrogens with one attached hydrogen (secondary N) is 2. The Bertz CT molecular complexity index is 525. The molecule has 2 N–H and O–H groups in total. The number of nitrogens with zero attached hydrogens (tertiary/aromatic N) is 1. The highest BCUT2D eigenvalue weighted by Gasteiger charge is 2.32. The lowest BCUT2D eigenvalue weighted by Gasteiger charge is -2.32. The first-order valence-corrected chi connectivity index (χ1v) is 11.1. The van der Waals surface area contributed by atoms with E-state index in [9.17, 15) is 13.2 Å². The maximum absolute atomic E-state index is 12.7. The van der Waals surface area contributed by atoms with Gasteiger partial charge in [0.05, 0.1) is 11.8 Å². The van der Waals surface area contributed by atoms with Crippen LogP contribution in [-0.4, -0.2) is 56.6 Å². The highest BCUT2D eigenvalue weighted by molar-refractivity contribution is 7.89. The molecule has 2 unspecified atom stereocenters. The van der Waals surface area contributed by atoms with Gasteiger partial charge in [-0.1, -0.05) is 12.8 Å². The topological polar surface area (TPSA) is 78.5 Å². The molecule has 3 rings (SSSR count). The summed E-state index contributed by atoms with van der Waals surface area (Å²) >= 11 is 0. The molecular formula is C17H31N3O3S. The third kappa shape index (κ3) is 4.70. The molecule has 1 amide bonds. The summed E-state index contributed by atoms with van der Waals surface area (Å²) in [6.45, 7) is 2.71. The van der Waals surface area contributed by atoms with Crippen LogP contribution in [0, 0.1) is 11.8 Å². The SMILES string of the molecule is O=C(NCC1CCCN(S(=O)(=O)CC2CCCC2)C1)C1CCCN1. The number of hydrogen-bond donors (Lipinski definition) is 2. The molecule has 7 heteroatoms. The van der Waals surface area contributed by atoms with Crippen LogP contribution in [0.2, 0.25) is 0 Å². The first-order valence-electron chi connectivity index (χ1n) is 9.53. The normalized spacial score (nSPS) is 29.8. The number of piperidine rings is 1. The van der Waals surface area contributed by atoms with Gasteiger partial charge in [0, 0.05) is 19.6 Å². The van der Waals surface area contributed by atoms with Gasteiger partial charge in [0.25, 0.3) is 0 Å². The summed E-state index contributed by atoms with van der Waals surface area (Å²) in [5.41, 5.74) is 0. The fraction of sp³-hybridized carbons (Fsp3) is 0.941. The van der Waals surface area contributed by atoms with Gasteiger partial charge in [-0.3, -0.25) is 4.79 Å². The number of sulfonamides is 1. The minimum atomic E-state index is -3.15. The molecule has 0 radical (unpaired) electrons. The van der Waals surface area contributed by atoms with Crippen molar-refractivity contribution in [2.45, 2.75) is 57.4 Å². The lowest BCUT2D eigenvalue weighted by molar-refractivity contribution is -0.123. The number of carbonyl (C=O) groups is 1. The lowest BCUT2D eigenvalue weighted by atomic mass is 9.99. The van der Waals surface area contributed by atoms with Gasteiger partial charge in [0.1, 0.15) is 0 Å². The summed E-state index contributed by atoms with van der Waals surface area (Å²) in [7, 11) is -3.15. The average Bonchev–Trinajstić information content (AvgIpc) is 3.26. The lowest BCUT2D eigenvalue weighted by Crippen LogP contribution is -2.47. The molecule has 3 fully saturated rings. The zero-order chi connectivity index (χ0) is 17.0. The van der Waals surface area contributed by atoms with Crippen LogP contribution >= 0.6 is 0 Å². The van der Waals surface area contributed by atoms with E-state index in [1.807, 2.05) is 0 Å². The second kappa shape index (κ2) is 8.15. The van der Waals surface area contributed by atoms with Crippen molar-refractivity contribution in [3.05, 3.63) is 0 Å². The van der Waals surface area contributed by atoms with Crippen molar-refractivity contribution >= 4 is 15.9 Å². The van der Waals surface area contributed by atoms with Crippen LogP contribution in [0.4, 0.5) is 0 Å². The van der Waals surface area contributed by atoms with E-state index in [0.717, 1.165) is 45.1 Å². The molecular weight excluding hydrogens is 326 g/mol. The van der Waals surface area contributed by atoms with Gasteiger partial charge in [0.2, 0.25) is 15.9 Å². The standard InChI is InChI=1S/C17H31N3O3S/c21-17(16-8-3-9-18-16)19-11-15-7-4-10-20(12-15)24(22,23)13-14-5-1-2-6-14/h14-16,18H,1-13H2,(H,19,21). The van der Waals surface area contributed by atoms with Crippen molar-refractivity contribution < 1.29 is 13.2 Å². The van der Waals surface area contributed by atoms with Crippen LogP contribution < -0.4 is 10.6 Å². The quantitative estimate of drug-likeness (QED) is 0.746. The fourth-order valence-corrected chi connectivity index (χ4v) is 6.29. The van der Waals surface area contributed by atoms with Crippen LogP contribution in [0.5, 0.6) is 0 Å². The summed E-state index contributed by atoms with van der Waals surface area (Å²) in [5, 5.41) is 6.22. The van der Waals surface area contributed by atoms with Crippen molar-refractivity contribution in [2.75, 3.05) is 31.9 Å². The maximum Gasteiger partial charge on any atom is 0.237 e. The third-order valence-electron chi connectivity index (χ3n) is 5.74. The molecule has 0 bridgehead atoms. The molecule has 2 saturated heterocycles. The van der Waals surface area contributed by atoms with Crippen molar-refractivity contribution in [3.63, 3.8) is 0 Å². The van der Waals surface area contributed by atoms with E-state index < -0.39 is 10.0 Å². The van der Waals surface area contributed by atoms with Crippen molar-refractivity contribution in [2.24, 2.45) is 11.8 Å². The monoisotopic (exact) mass is 357 g/mol. The second-order valence-corrected chi connectivity index (χ2v) is 9.70. The third-order valence-corrected chi connectivity index (χ3v) is 7.75. The van der Waals surface area contributed by atoms with E-state index in [2.05, 4.69) is 10.6 Å². The smallest absolute Gasteiger partial charge is 0.237 e. The molecule has 138 valence electrons. The predicted octanol–water partition coefficient (Wildman–Crippen LogP) is 1.09. The molecule has 0 aromatic rings. The van der Waals surface area contributed by atoms with Crippen LogP contribution in [-0.2, 0) is 14.8 Å². The largest absolute Gasteiger partial charge is 0.354 e. The Hall–Kier alpha value is -0.660. The molecule has 1 saturated carbocycles. The van der Waals surface area contributed by atoms with Gasteiger partial charge < -0.3 is 10.6 Å². The van der Waals surface area contributed by atoms with Crippen molar-refractivity contribution in [1.82, 2.24) is 14.9 Å². The summed E-state index contributed by atoms with van der Waals surface area (Å²) in [6.07, 6.45) is 8.29. The van der Waals surface area contributed by atoms with Gasteiger partial charge >= 0.3 is 0 Å². The van der Waals surface area contributed by atoms with E-state index in [0.29, 0.717) is 31.3 Å². The molecule has 24 heavy (non-hydrogen) atoms. The zero-order valence-corrected chi connectivity index (χ0v) is 15.3. The van der Waals surface area contributed by atoms with Gasteiger partial charge in [-0.2, -0.15) is 0 Å². The van der Waals surface area contributed by atoms with E-state index in [4.69, 9.17) is 0 Å². The van der Waals surface area contributed by atoms with E-state index in [1.165, 1.54) is 12.8 Å². The molecule has 0 aromatic heterocycles. The zero-order valence-electron chi connectivity index (χ0n) is 14.5.